The summed E-state index contributed by atoms with van der Waals surface area (Å²) in [5, 5.41) is 3.52. The van der Waals surface area contributed by atoms with Gasteiger partial charge in [-0.25, -0.2) is 14.6 Å². The van der Waals surface area contributed by atoms with Crippen molar-refractivity contribution in [2.24, 2.45) is 5.92 Å². The predicted octanol–water partition coefficient (Wildman–Crippen LogP) is 2.24. The van der Waals surface area contributed by atoms with Crippen LogP contribution in [0.15, 0.2) is 0 Å². The summed E-state index contributed by atoms with van der Waals surface area (Å²) in [6, 6.07) is -0.499. The van der Waals surface area contributed by atoms with Gasteiger partial charge in [0.2, 0.25) is 0 Å². The van der Waals surface area contributed by atoms with E-state index in [1.165, 1.54) is 18.4 Å². The van der Waals surface area contributed by atoms with Crippen LogP contribution in [0, 0.1) is 12.8 Å². The van der Waals surface area contributed by atoms with Gasteiger partial charge in [-0.2, -0.15) is 0 Å². The Kier molecular flexibility index (Phi) is 5.94. The van der Waals surface area contributed by atoms with Crippen molar-refractivity contribution < 1.29 is 19.1 Å². The van der Waals surface area contributed by atoms with Gasteiger partial charge < -0.3 is 14.8 Å². The second-order valence-electron chi connectivity index (χ2n) is 4.53. The van der Waals surface area contributed by atoms with E-state index in [1.807, 2.05) is 13.8 Å². The van der Waals surface area contributed by atoms with E-state index < -0.39 is 12.0 Å². The number of rotatable bonds is 6. The van der Waals surface area contributed by atoms with E-state index >= 15 is 0 Å². The SMILES string of the molecule is CCOC(=O)c1nc(NC(C(=O)OC)C(C)C)sc1C. The van der Waals surface area contributed by atoms with Crippen LogP contribution in [-0.2, 0) is 14.3 Å². The number of aromatic nitrogens is 1. The van der Waals surface area contributed by atoms with E-state index in [0.717, 1.165) is 4.88 Å². The number of hydrogen-bond donors (Lipinski definition) is 1. The first-order valence-corrected chi connectivity index (χ1v) is 7.21. The maximum Gasteiger partial charge on any atom is 0.358 e. The molecule has 0 aliphatic heterocycles. The van der Waals surface area contributed by atoms with E-state index in [9.17, 15) is 9.59 Å². The van der Waals surface area contributed by atoms with E-state index in [0.29, 0.717) is 11.7 Å². The number of carbonyl (C=O) groups is 2. The van der Waals surface area contributed by atoms with Crippen LogP contribution in [0.3, 0.4) is 0 Å². The molecule has 6 nitrogen and oxygen atoms in total. The van der Waals surface area contributed by atoms with Gasteiger partial charge in [-0.15, -0.1) is 11.3 Å². The van der Waals surface area contributed by atoms with Gasteiger partial charge in [0.1, 0.15) is 6.04 Å². The predicted molar refractivity (Wildman–Crippen MR) is 77.1 cm³/mol. The summed E-state index contributed by atoms with van der Waals surface area (Å²) < 4.78 is 9.68. The van der Waals surface area contributed by atoms with Gasteiger partial charge in [-0.05, 0) is 19.8 Å². The van der Waals surface area contributed by atoms with Crippen LogP contribution in [0.4, 0.5) is 5.13 Å². The lowest BCUT2D eigenvalue weighted by molar-refractivity contribution is -0.142. The van der Waals surface area contributed by atoms with Crippen molar-refractivity contribution in [2.45, 2.75) is 33.7 Å². The van der Waals surface area contributed by atoms with Crippen LogP contribution in [0.1, 0.15) is 36.1 Å². The Balaban J connectivity index is 2.90. The molecule has 0 spiro atoms. The maximum absolute atomic E-state index is 11.7. The Labute approximate surface area is 122 Å². The van der Waals surface area contributed by atoms with E-state index in [-0.39, 0.29) is 17.6 Å². The molecule has 0 radical (unpaired) electrons. The minimum atomic E-state index is -0.499. The first-order valence-electron chi connectivity index (χ1n) is 6.39. The molecular weight excluding hydrogens is 280 g/mol. The summed E-state index contributed by atoms with van der Waals surface area (Å²) in [5.74, 6) is -0.767. The Morgan fingerprint density at radius 1 is 1.40 bits per heavy atom. The van der Waals surface area contributed by atoms with E-state index in [1.54, 1.807) is 13.8 Å². The molecule has 1 rings (SSSR count). The van der Waals surface area contributed by atoms with Crippen LogP contribution < -0.4 is 5.32 Å². The molecule has 0 bridgehead atoms. The molecule has 112 valence electrons. The normalized spacial score (nSPS) is 12.1. The van der Waals surface area contributed by atoms with Crippen molar-refractivity contribution >= 4 is 28.4 Å². The molecule has 1 N–H and O–H groups in total. The molecule has 0 aliphatic rings. The fourth-order valence-electron chi connectivity index (χ4n) is 1.60. The lowest BCUT2D eigenvalue weighted by Crippen LogP contribution is -2.35. The first-order chi connectivity index (χ1) is 9.40. The Bertz CT molecular complexity index is 485. The van der Waals surface area contributed by atoms with Crippen molar-refractivity contribution in [2.75, 3.05) is 19.0 Å². The van der Waals surface area contributed by atoms with Crippen LogP contribution in [0.5, 0.6) is 0 Å². The lowest BCUT2D eigenvalue weighted by atomic mass is 10.1. The van der Waals surface area contributed by atoms with Crippen molar-refractivity contribution in [3.05, 3.63) is 10.6 Å². The molecule has 1 atom stereocenters. The van der Waals surface area contributed by atoms with Gasteiger partial charge in [-0.1, -0.05) is 13.8 Å². The van der Waals surface area contributed by atoms with E-state index in [4.69, 9.17) is 9.47 Å². The molecule has 0 fully saturated rings. The topological polar surface area (TPSA) is 77.5 Å². The number of hydrogen-bond acceptors (Lipinski definition) is 7. The molecule has 0 amide bonds. The average Bonchev–Trinajstić information content (AvgIpc) is 2.76. The summed E-state index contributed by atoms with van der Waals surface area (Å²) in [6.45, 7) is 7.64. The van der Waals surface area contributed by atoms with Crippen molar-refractivity contribution in [3.8, 4) is 0 Å². The van der Waals surface area contributed by atoms with E-state index in [2.05, 4.69) is 10.3 Å². The highest BCUT2D eigenvalue weighted by Gasteiger charge is 2.25. The Hall–Kier alpha value is -1.63. The number of methoxy groups -OCH3 is 1. The maximum atomic E-state index is 11.7. The number of carbonyl (C=O) groups excluding carboxylic acids is 2. The number of ether oxygens (including phenoxy) is 2. The number of nitrogens with zero attached hydrogens (tertiary/aromatic N) is 1. The van der Waals surface area contributed by atoms with Crippen molar-refractivity contribution in [1.29, 1.82) is 0 Å². The molecule has 1 aromatic rings. The van der Waals surface area contributed by atoms with Gasteiger partial charge >= 0.3 is 11.9 Å². The largest absolute Gasteiger partial charge is 0.467 e. The number of aryl methyl sites for hydroxylation is 1. The van der Waals surface area contributed by atoms with Gasteiger partial charge in [0, 0.05) is 4.88 Å². The van der Waals surface area contributed by atoms with Gasteiger partial charge in [0.25, 0.3) is 0 Å². The zero-order valence-corrected chi connectivity index (χ0v) is 13.2. The smallest absolute Gasteiger partial charge is 0.358 e. The monoisotopic (exact) mass is 300 g/mol. The second kappa shape index (κ2) is 7.23. The molecule has 1 unspecified atom stereocenters. The van der Waals surface area contributed by atoms with Crippen LogP contribution in [0.25, 0.3) is 0 Å². The third kappa shape index (κ3) is 3.93. The quantitative estimate of drug-likeness (QED) is 0.812. The highest BCUT2D eigenvalue weighted by Crippen LogP contribution is 2.24. The standard InChI is InChI=1S/C13H20N2O4S/c1-6-19-12(17)10-8(4)20-13(15-10)14-9(7(2)3)11(16)18-5/h7,9H,6H2,1-5H3,(H,14,15). The van der Waals surface area contributed by atoms with Gasteiger partial charge in [-0.3, -0.25) is 0 Å². The highest BCUT2D eigenvalue weighted by molar-refractivity contribution is 7.15. The zero-order chi connectivity index (χ0) is 15.3. The molecule has 1 heterocycles. The fourth-order valence-corrected chi connectivity index (χ4v) is 2.44. The van der Waals surface area contributed by atoms with Crippen molar-refractivity contribution in [1.82, 2.24) is 4.98 Å². The fraction of sp³-hybridized carbons (Fsp3) is 0.615. The summed E-state index contributed by atoms with van der Waals surface area (Å²) in [7, 11) is 1.34. The highest BCUT2D eigenvalue weighted by atomic mass is 32.1. The number of anilines is 1. The molecule has 1 aromatic heterocycles. The Morgan fingerprint density at radius 3 is 2.55 bits per heavy atom. The molecule has 0 saturated heterocycles. The Morgan fingerprint density at radius 2 is 2.05 bits per heavy atom. The molecule has 0 saturated carbocycles. The summed E-state index contributed by atoms with van der Waals surface area (Å²) in [6.07, 6.45) is 0. The minimum Gasteiger partial charge on any atom is -0.467 e. The van der Waals surface area contributed by atoms with Gasteiger partial charge in [0.15, 0.2) is 10.8 Å². The van der Waals surface area contributed by atoms with Crippen LogP contribution >= 0.6 is 11.3 Å². The molecule has 0 aromatic carbocycles. The molecule has 0 aliphatic carbocycles. The number of nitrogens with one attached hydrogen (secondary N) is 1. The zero-order valence-electron chi connectivity index (χ0n) is 12.4. The molecule has 7 heteroatoms. The molecule has 20 heavy (non-hydrogen) atoms. The average molecular weight is 300 g/mol. The number of esters is 2. The number of thiazole rings is 1. The second-order valence-corrected chi connectivity index (χ2v) is 5.74. The van der Waals surface area contributed by atoms with Crippen LogP contribution in [-0.4, -0.2) is 36.7 Å². The third-order valence-electron chi connectivity index (χ3n) is 2.67. The first kappa shape index (κ1) is 16.4. The third-order valence-corrected chi connectivity index (χ3v) is 3.57. The van der Waals surface area contributed by atoms with Gasteiger partial charge in [0.05, 0.1) is 13.7 Å². The molecular formula is C13H20N2O4S. The summed E-state index contributed by atoms with van der Waals surface area (Å²) in [4.78, 5) is 28.3. The minimum absolute atomic E-state index is 0.0395. The summed E-state index contributed by atoms with van der Waals surface area (Å²) >= 11 is 1.31. The van der Waals surface area contributed by atoms with Crippen LogP contribution in [0.2, 0.25) is 0 Å². The summed E-state index contributed by atoms with van der Waals surface area (Å²) in [5.41, 5.74) is 0.284. The van der Waals surface area contributed by atoms with Crippen molar-refractivity contribution in [3.63, 3.8) is 0 Å². The lowest BCUT2D eigenvalue weighted by Gasteiger charge is -2.18.